The first-order chi connectivity index (χ1) is 11.6. The van der Waals surface area contributed by atoms with Gasteiger partial charge in [-0.05, 0) is 42.0 Å². The topological polar surface area (TPSA) is 57.4 Å². The van der Waals surface area contributed by atoms with Crippen molar-refractivity contribution in [3.05, 3.63) is 65.6 Å². The summed E-state index contributed by atoms with van der Waals surface area (Å²) in [5.41, 5.74) is 1.17. The van der Waals surface area contributed by atoms with Gasteiger partial charge in [-0.3, -0.25) is 0 Å². The molecule has 0 bridgehead atoms. The molecule has 2 aromatic carbocycles. The number of nitrogens with zero attached hydrogens (tertiary/aromatic N) is 2. The second-order valence-electron chi connectivity index (χ2n) is 5.04. The molecule has 0 atom stereocenters. The Morgan fingerprint density at radius 1 is 1.00 bits per heavy atom. The minimum Gasteiger partial charge on any atom is -0.489 e. The normalized spacial score (nSPS) is 10.8. The van der Waals surface area contributed by atoms with Gasteiger partial charge < -0.3 is 14.0 Å². The van der Waals surface area contributed by atoms with Crippen LogP contribution in [0.1, 0.15) is 11.5 Å². The number of aromatic nitrogens is 2. The van der Waals surface area contributed by atoms with E-state index in [0.29, 0.717) is 23.0 Å². The smallest absolute Gasteiger partial charge is 0.252 e. The van der Waals surface area contributed by atoms with Crippen LogP contribution in [0.2, 0.25) is 0 Å². The molecule has 124 valence electrons. The maximum atomic E-state index is 13.1. The third-order valence-corrected chi connectivity index (χ3v) is 3.18. The van der Waals surface area contributed by atoms with E-state index in [1.807, 2.05) is 0 Å². The molecule has 7 heteroatoms. The van der Waals surface area contributed by atoms with E-state index in [9.17, 15) is 8.78 Å². The summed E-state index contributed by atoms with van der Waals surface area (Å²) in [5.74, 6) is 0.131. The summed E-state index contributed by atoms with van der Waals surface area (Å²) >= 11 is 0. The molecule has 5 nitrogen and oxygen atoms in total. The van der Waals surface area contributed by atoms with Gasteiger partial charge in [-0.15, -0.1) is 0 Å². The zero-order valence-corrected chi connectivity index (χ0v) is 12.8. The molecule has 0 saturated carbocycles. The molecule has 0 amide bonds. The molecular weight excluding hydrogens is 318 g/mol. The van der Waals surface area contributed by atoms with Gasteiger partial charge in [0, 0.05) is 18.7 Å². The van der Waals surface area contributed by atoms with Crippen LogP contribution in [0.5, 0.6) is 5.75 Å². The number of hydrogen-bond acceptors (Lipinski definition) is 5. The average Bonchev–Trinajstić information content (AvgIpc) is 3.02. The highest BCUT2D eigenvalue weighted by Gasteiger charge is 2.08. The van der Waals surface area contributed by atoms with Gasteiger partial charge in [0.25, 0.3) is 5.89 Å². The largest absolute Gasteiger partial charge is 0.489 e. The van der Waals surface area contributed by atoms with Crippen LogP contribution < -0.4 is 4.74 Å². The summed E-state index contributed by atoms with van der Waals surface area (Å²) in [6.07, 6.45) is 0. The van der Waals surface area contributed by atoms with E-state index in [4.69, 9.17) is 14.0 Å². The van der Waals surface area contributed by atoms with E-state index < -0.39 is 11.6 Å². The zero-order valence-electron chi connectivity index (χ0n) is 12.8. The molecule has 3 aromatic rings. The van der Waals surface area contributed by atoms with Gasteiger partial charge in [0.15, 0.2) is 0 Å². The molecule has 1 heterocycles. The lowest BCUT2D eigenvalue weighted by atomic mass is 10.2. The van der Waals surface area contributed by atoms with Gasteiger partial charge in [-0.25, -0.2) is 8.78 Å². The predicted molar refractivity (Wildman–Crippen MR) is 81.1 cm³/mol. The average molecular weight is 332 g/mol. The van der Waals surface area contributed by atoms with Crippen molar-refractivity contribution >= 4 is 0 Å². The SMILES string of the molecule is COCc1nc(-c2ccc(OCc3cc(F)cc(F)c3)cc2)no1. The van der Waals surface area contributed by atoms with Crippen molar-refractivity contribution in [3.8, 4) is 17.1 Å². The molecule has 1 aromatic heterocycles. The van der Waals surface area contributed by atoms with Crippen molar-refractivity contribution in [1.29, 1.82) is 0 Å². The molecule has 0 aliphatic carbocycles. The van der Waals surface area contributed by atoms with Crippen molar-refractivity contribution in [2.24, 2.45) is 0 Å². The summed E-state index contributed by atoms with van der Waals surface area (Å²) < 4.78 is 41.7. The lowest BCUT2D eigenvalue weighted by Gasteiger charge is -2.07. The number of benzene rings is 2. The summed E-state index contributed by atoms with van der Waals surface area (Å²) in [6, 6.07) is 10.3. The Morgan fingerprint density at radius 3 is 2.38 bits per heavy atom. The molecule has 0 aliphatic rings. The van der Waals surface area contributed by atoms with Gasteiger partial charge >= 0.3 is 0 Å². The van der Waals surface area contributed by atoms with Crippen molar-refractivity contribution < 1.29 is 22.8 Å². The summed E-state index contributed by atoms with van der Waals surface area (Å²) in [5, 5.41) is 3.86. The number of rotatable bonds is 6. The van der Waals surface area contributed by atoms with Crippen molar-refractivity contribution in [1.82, 2.24) is 10.1 Å². The standard InChI is InChI=1S/C17H14F2N2O3/c1-22-10-16-20-17(21-24-16)12-2-4-15(5-3-12)23-9-11-6-13(18)8-14(19)7-11/h2-8H,9-10H2,1H3. The van der Waals surface area contributed by atoms with Crippen LogP contribution in [0.25, 0.3) is 11.4 Å². The molecule has 0 unspecified atom stereocenters. The van der Waals surface area contributed by atoms with Crippen molar-refractivity contribution in [3.63, 3.8) is 0 Å². The lowest BCUT2D eigenvalue weighted by molar-refractivity contribution is 0.151. The Bertz CT molecular complexity index is 799. The summed E-state index contributed by atoms with van der Waals surface area (Å²) in [6.45, 7) is 0.312. The Hall–Kier alpha value is -2.80. The number of methoxy groups -OCH3 is 1. The number of halogens is 2. The van der Waals surface area contributed by atoms with Crippen LogP contribution >= 0.6 is 0 Å². The second-order valence-corrected chi connectivity index (χ2v) is 5.04. The van der Waals surface area contributed by atoms with Crippen molar-refractivity contribution in [2.75, 3.05) is 7.11 Å². The minimum atomic E-state index is -0.632. The first-order valence-corrected chi connectivity index (χ1v) is 7.14. The highest BCUT2D eigenvalue weighted by molar-refractivity contribution is 5.55. The highest BCUT2D eigenvalue weighted by Crippen LogP contribution is 2.21. The Morgan fingerprint density at radius 2 is 1.71 bits per heavy atom. The molecule has 0 saturated heterocycles. The van der Waals surface area contributed by atoms with Crippen molar-refractivity contribution in [2.45, 2.75) is 13.2 Å². The molecule has 0 aliphatic heterocycles. The third-order valence-electron chi connectivity index (χ3n) is 3.18. The van der Waals surface area contributed by atoms with Crippen LogP contribution in [0.3, 0.4) is 0 Å². The monoisotopic (exact) mass is 332 g/mol. The predicted octanol–water partition coefficient (Wildman–Crippen LogP) is 3.74. The molecule has 0 radical (unpaired) electrons. The van der Waals surface area contributed by atoms with E-state index in [1.54, 1.807) is 31.4 Å². The van der Waals surface area contributed by atoms with Gasteiger partial charge in [-0.2, -0.15) is 4.98 Å². The fourth-order valence-corrected chi connectivity index (χ4v) is 2.12. The van der Waals surface area contributed by atoms with Gasteiger partial charge in [-0.1, -0.05) is 5.16 Å². The second kappa shape index (κ2) is 7.18. The third kappa shape index (κ3) is 3.94. The Kier molecular flexibility index (Phi) is 4.81. The highest BCUT2D eigenvalue weighted by atomic mass is 19.1. The molecular formula is C17H14F2N2O3. The van der Waals surface area contributed by atoms with Gasteiger partial charge in [0.2, 0.25) is 5.82 Å². The van der Waals surface area contributed by atoms with Crippen LogP contribution in [-0.4, -0.2) is 17.3 Å². The van der Waals surface area contributed by atoms with Crippen LogP contribution in [0, 0.1) is 11.6 Å². The first-order valence-electron chi connectivity index (χ1n) is 7.14. The molecule has 0 N–H and O–H groups in total. The molecule has 24 heavy (non-hydrogen) atoms. The maximum Gasteiger partial charge on any atom is 0.252 e. The van der Waals surface area contributed by atoms with Gasteiger partial charge in [0.1, 0.15) is 30.6 Å². The lowest BCUT2D eigenvalue weighted by Crippen LogP contribution is -1.97. The van der Waals surface area contributed by atoms with Crippen LogP contribution in [0.15, 0.2) is 47.0 Å². The van der Waals surface area contributed by atoms with E-state index in [1.165, 1.54) is 12.1 Å². The molecule has 0 fully saturated rings. The van der Waals surface area contributed by atoms with Crippen LogP contribution in [0.4, 0.5) is 8.78 Å². The van der Waals surface area contributed by atoms with Crippen LogP contribution in [-0.2, 0) is 18.0 Å². The summed E-state index contributed by atoms with van der Waals surface area (Å²) in [7, 11) is 1.54. The summed E-state index contributed by atoms with van der Waals surface area (Å²) in [4.78, 5) is 4.19. The number of hydrogen-bond donors (Lipinski definition) is 0. The Balaban J connectivity index is 1.65. The maximum absolute atomic E-state index is 13.1. The van der Waals surface area contributed by atoms with E-state index in [2.05, 4.69) is 10.1 Å². The molecule has 0 spiro atoms. The van der Waals surface area contributed by atoms with Gasteiger partial charge in [0.05, 0.1) is 0 Å². The van der Waals surface area contributed by atoms with E-state index >= 15 is 0 Å². The zero-order chi connectivity index (χ0) is 16.9. The fraction of sp³-hybridized carbons (Fsp3) is 0.176. The molecule has 3 rings (SSSR count). The van der Waals surface area contributed by atoms with E-state index in [-0.39, 0.29) is 13.2 Å². The quantitative estimate of drug-likeness (QED) is 0.688. The van der Waals surface area contributed by atoms with E-state index in [0.717, 1.165) is 11.6 Å². The fourth-order valence-electron chi connectivity index (χ4n) is 2.12. The number of ether oxygens (including phenoxy) is 2. The first kappa shape index (κ1) is 16.1. The Labute approximate surface area is 136 Å². The minimum absolute atomic E-state index is 0.0637.